The smallest absolute Gasteiger partial charge is 0.407 e. The maximum absolute atomic E-state index is 14.4. The van der Waals surface area contributed by atoms with E-state index in [-0.39, 0.29) is 11.2 Å². The molecule has 2 fully saturated rings. The summed E-state index contributed by atoms with van der Waals surface area (Å²) in [6, 6.07) is 6.93. The Kier molecular flexibility index (Phi) is 4.08. The lowest BCUT2D eigenvalue weighted by Crippen LogP contribution is -2.38. The van der Waals surface area contributed by atoms with Gasteiger partial charge in [0, 0.05) is 12.0 Å². The summed E-state index contributed by atoms with van der Waals surface area (Å²) in [7, 11) is 0. The van der Waals surface area contributed by atoms with E-state index in [0.29, 0.717) is 18.4 Å². The van der Waals surface area contributed by atoms with Crippen molar-refractivity contribution >= 4 is 6.09 Å². The lowest BCUT2D eigenvalue weighted by Gasteiger charge is -2.23. The van der Waals surface area contributed by atoms with Gasteiger partial charge in [0.05, 0.1) is 0 Å². The van der Waals surface area contributed by atoms with Crippen LogP contribution in [-0.4, -0.2) is 31.3 Å². The number of hydrogen-bond acceptors (Lipinski definition) is 3. The second-order valence-electron chi connectivity index (χ2n) is 7.58. The van der Waals surface area contributed by atoms with Crippen LogP contribution in [0.25, 0.3) is 0 Å². The third-order valence-electron chi connectivity index (χ3n) is 5.00. The van der Waals surface area contributed by atoms with Gasteiger partial charge in [0.15, 0.2) is 0 Å². The zero-order chi connectivity index (χ0) is 16.7. The fraction of sp³-hybridized carbons (Fsp3) is 0.611. The Balaban J connectivity index is 1.79. The summed E-state index contributed by atoms with van der Waals surface area (Å²) >= 11 is 0. The van der Waals surface area contributed by atoms with Gasteiger partial charge in [-0.3, -0.25) is 0 Å². The van der Waals surface area contributed by atoms with Crippen molar-refractivity contribution in [2.24, 2.45) is 11.8 Å². The number of benzene rings is 1. The summed E-state index contributed by atoms with van der Waals surface area (Å²) in [6.07, 6.45) is 0.569. The number of rotatable bonds is 3. The zero-order valence-corrected chi connectivity index (χ0v) is 14.0. The normalized spacial score (nSPS) is 29.6. The van der Waals surface area contributed by atoms with Crippen molar-refractivity contribution < 1.29 is 13.9 Å². The summed E-state index contributed by atoms with van der Waals surface area (Å²) in [5.74, 6) is 0.589. The molecule has 126 valence electrons. The van der Waals surface area contributed by atoms with Crippen LogP contribution in [0.4, 0.5) is 9.18 Å². The summed E-state index contributed by atoms with van der Waals surface area (Å²) in [4.78, 5) is 12.0. The van der Waals surface area contributed by atoms with E-state index in [1.807, 2.05) is 32.9 Å². The molecule has 1 aromatic carbocycles. The van der Waals surface area contributed by atoms with Gasteiger partial charge in [-0.2, -0.15) is 0 Å². The first kappa shape index (κ1) is 16.2. The number of halogens is 1. The number of fused-ring (bicyclic) bond motifs is 1. The van der Waals surface area contributed by atoms with Crippen molar-refractivity contribution in [3.63, 3.8) is 0 Å². The van der Waals surface area contributed by atoms with Crippen LogP contribution in [0.3, 0.4) is 0 Å². The average molecular weight is 320 g/mol. The summed E-state index contributed by atoms with van der Waals surface area (Å²) in [5.41, 5.74) is -0.131. The highest BCUT2D eigenvalue weighted by atomic mass is 19.1. The van der Waals surface area contributed by atoms with E-state index >= 15 is 0 Å². The highest BCUT2D eigenvalue weighted by Gasteiger charge is 2.66. The molecule has 0 radical (unpaired) electrons. The number of hydrogen-bond donors (Lipinski definition) is 2. The molecular formula is C18H25FN2O2. The van der Waals surface area contributed by atoms with Crippen LogP contribution >= 0.6 is 0 Å². The standard InChI is InChI=1S/C18H25FN2O2/c1-17(2,3)23-16(22)21-11-18(12-8-9-20-10-14(12)18)13-6-4-5-7-15(13)19/h4-7,12,14,20H,8-11H2,1-3H3,(H,21,22)/t12-,14+,18-/m1/s1. The van der Waals surface area contributed by atoms with Crippen molar-refractivity contribution in [1.82, 2.24) is 10.6 Å². The van der Waals surface area contributed by atoms with Crippen molar-refractivity contribution in [3.8, 4) is 0 Å². The SMILES string of the molecule is CC(C)(C)OC(=O)NC[C@]1(c2ccccc2F)[C@@H]2CCNC[C@@H]21. The van der Waals surface area contributed by atoms with Crippen LogP contribution in [0.1, 0.15) is 32.8 Å². The second kappa shape index (κ2) is 5.78. The Morgan fingerprint density at radius 1 is 1.39 bits per heavy atom. The Bertz CT molecular complexity index is 585. The number of amides is 1. The summed E-state index contributed by atoms with van der Waals surface area (Å²) in [5, 5.41) is 6.25. The molecule has 1 aromatic rings. The molecule has 0 bridgehead atoms. The number of carbonyl (C=O) groups is 1. The van der Waals surface area contributed by atoms with Gasteiger partial charge in [-0.25, -0.2) is 9.18 Å². The van der Waals surface area contributed by atoms with Gasteiger partial charge in [-0.1, -0.05) is 18.2 Å². The molecule has 3 rings (SSSR count). The van der Waals surface area contributed by atoms with Crippen LogP contribution in [0.5, 0.6) is 0 Å². The fourth-order valence-electron chi connectivity index (χ4n) is 4.03. The van der Waals surface area contributed by atoms with E-state index < -0.39 is 11.7 Å². The Labute approximate surface area is 136 Å². The van der Waals surface area contributed by atoms with E-state index in [1.54, 1.807) is 6.07 Å². The zero-order valence-electron chi connectivity index (χ0n) is 14.0. The van der Waals surface area contributed by atoms with Crippen LogP contribution in [0, 0.1) is 17.7 Å². The van der Waals surface area contributed by atoms with Gasteiger partial charge in [0.1, 0.15) is 11.4 Å². The maximum atomic E-state index is 14.4. The van der Waals surface area contributed by atoms with Crippen LogP contribution in [0.15, 0.2) is 24.3 Å². The minimum absolute atomic E-state index is 0.187. The molecule has 1 saturated heterocycles. The van der Waals surface area contributed by atoms with Gasteiger partial charge in [-0.15, -0.1) is 0 Å². The van der Waals surface area contributed by atoms with E-state index in [2.05, 4.69) is 10.6 Å². The van der Waals surface area contributed by atoms with Crippen molar-refractivity contribution in [2.45, 2.75) is 38.2 Å². The van der Waals surface area contributed by atoms with Crippen LogP contribution < -0.4 is 10.6 Å². The monoisotopic (exact) mass is 320 g/mol. The minimum atomic E-state index is -0.535. The number of carbonyl (C=O) groups excluding carboxylic acids is 1. The molecule has 0 spiro atoms. The number of piperidine rings is 1. The van der Waals surface area contributed by atoms with E-state index in [4.69, 9.17) is 4.74 Å². The second-order valence-corrected chi connectivity index (χ2v) is 7.58. The fourth-order valence-corrected chi connectivity index (χ4v) is 4.03. The Morgan fingerprint density at radius 2 is 2.13 bits per heavy atom. The molecule has 1 aliphatic heterocycles. The Hall–Kier alpha value is -1.62. The summed E-state index contributed by atoms with van der Waals surface area (Å²) < 4.78 is 19.7. The van der Waals surface area contributed by atoms with Crippen molar-refractivity contribution in [1.29, 1.82) is 0 Å². The average Bonchev–Trinajstić information content (AvgIpc) is 3.13. The van der Waals surface area contributed by atoms with Crippen molar-refractivity contribution in [2.75, 3.05) is 19.6 Å². The molecule has 2 N–H and O–H groups in total. The molecule has 1 saturated carbocycles. The molecule has 1 heterocycles. The topological polar surface area (TPSA) is 50.4 Å². The summed E-state index contributed by atoms with van der Waals surface area (Å²) in [6.45, 7) is 7.73. The number of nitrogens with one attached hydrogen (secondary N) is 2. The van der Waals surface area contributed by atoms with Crippen LogP contribution in [-0.2, 0) is 10.2 Å². The molecule has 2 aliphatic rings. The molecule has 3 atom stereocenters. The van der Waals surface area contributed by atoms with Gasteiger partial charge >= 0.3 is 6.09 Å². The first-order chi connectivity index (χ1) is 10.8. The molecule has 0 unspecified atom stereocenters. The quantitative estimate of drug-likeness (QED) is 0.900. The molecule has 1 amide bonds. The van der Waals surface area contributed by atoms with Gasteiger partial charge in [-0.05, 0) is 63.7 Å². The third kappa shape index (κ3) is 3.07. The first-order valence-electron chi connectivity index (χ1n) is 8.27. The molecule has 1 aliphatic carbocycles. The van der Waals surface area contributed by atoms with E-state index in [0.717, 1.165) is 25.1 Å². The lowest BCUT2D eigenvalue weighted by molar-refractivity contribution is 0.0520. The maximum Gasteiger partial charge on any atom is 0.407 e. The van der Waals surface area contributed by atoms with Gasteiger partial charge < -0.3 is 15.4 Å². The largest absolute Gasteiger partial charge is 0.444 e. The predicted molar refractivity (Wildman–Crippen MR) is 86.8 cm³/mol. The molecule has 4 nitrogen and oxygen atoms in total. The molecule has 0 aromatic heterocycles. The van der Waals surface area contributed by atoms with E-state index in [9.17, 15) is 9.18 Å². The highest BCUT2D eigenvalue weighted by molar-refractivity contribution is 5.68. The highest BCUT2D eigenvalue weighted by Crippen LogP contribution is 2.62. The molecule has 5 heteroatoms. The number of alkyl carbamates (subject to hydrolysis) is 1. The van der Waals surface area contributed by atoms with Gasteiger partial charge in [0.25, 0.3) is 0 Å². The number of ether oxygens (including phenoxy) is 1. The lowest BCUT2D eigenvalue weighted by atomic mass is 9.90. The molecular weight excluding hydrogens is 295 g/mol. The van der Waals surface area contributed by atoms with Crippen molar-refractivity contribution in [3.05, 3.63) is 35.6 Å². The third-order valence-corrected chi connectivity index (χ3v) is 5.00. The first-order valence-corrected chi connectivity index (χ1v) is 8.27. The molecule has 23 heavy (non-hydrogen) atoms. The Morgan fingerprint density at radius 3 is 2.74 bits per heavy atom. The minimum Gasteiger partial charge on any atom is -0.444 e. The van der Waals surface area contributed by atoms with Crippen LogP contribution in [0.2, 0.25) is 0 Å². The predicted octanol–water partition coefficient (Wildman–Crippen LogP) is 2.83. The van der Waals surface area contributed by atoms with E-state index in [1.165, 1.54) is 6.07 Å². The van der Waals surface area contributed by atoms with Gasteiger partial charge in [0.2, 0.25) is 0 Å².